The number of anilines is 1. The minimum absolute atomic E-state index is 0.0428. The third-order valence-corrected chi connectivity index (χ3v) is 6.16. The van der Waals surface area contributed by atoms with E-state index < -0.39 is 5.92 Å². The lowest BCUT2D eigenvalue weighted by molar-refractivity contribution is -0.119. The Kier molecular flexibility index (Phi) is 6.39. The largest absolute Gasteiger partial charge is 0.308 e. The minimum atomic E-state index is -0.451. The quantitative estimate of drug-likeness (QED) is 0.404. The highest BCUT2D eigenvalue weighted by atomic mass is 32.1. The molecule has 0 N–H and O–H groups in total. The third kappa shape index (κ3) is 4.81. The van der Waals surface area contributed by atoms with Crippen LogP contribution >= 0.6 is 11.3 Å². The predicted molar refractivity (Wildman–Crippen MR) is 125 cm³/mol. The van der Waals surface area contributed by atoms with Gasteiger partial charge in [-0.3, -0.25) is 9.69 Å². The summed E-state index contributed by atoms with van der Waals surface area (Å²) in [6.07, 6.45) is 0. The van der Waals surface area contributed by atoms with Crippen molar-refractivity contribution in [1.82, 2.24) is 9.88 Å². The van der Waals surface area contributed by atoms with Crippen molar-refractivity contribution in [2.24, 2.45) is 0 Å². The van der Waals surface area contributed by atoms with Crippen molar-refractivity contribution in [3.8, 4) is 0 Å². The number of nitrogens with zero attached hydrogens (tertiary/aromatic N) is 3. The molecule has 6 heteroatoms. The Morgan fingerprint density at radius 1 is 0.935 bits per heavy atom. The Bertz CT molecular complexity index is 1120. The van der Waals surface area contributed by atoms with Crippen LogP contribution in [-0.4, -0.2) is 43.0 Å². The molecule has 0 fully saturated rings. The number of carbonyl (C=O) groups excluding carboxylic acids is 1. The number of fused-ring (bicyclic) bond motifs is 1. The summed E-state index contributed by atoms with van der Waals surface area (Å²) >= 11 is 1.34. The van der Waals surface area contributed by atoms with Gasteiger partial charge in [-0.2, -0.15) is 0 Å². The molecule has 4 aromatic rings. The monoisotopic (exact) mass is 433 g/mol. The molecule has 0 bridgehead atoms. The van der Waals surface area contributed by atoms with E-state index in [-0.39, 0.29) is 11.7 Å². The Labute approximate surface area is 185 Å². The smallest absolute Gasteiger partial charge is 0.240 e. The van der Waals surface area contributed by atoms with E-state index in [2.05, 4.69) is 4.98 Å². The zero-order valence-corrected chi connectivity index (χ0v) is 18.3. The lowest BCUT2D eigenvalue weighted by Crippen LogP contribution is -2.40. The summed E-state index contributed by atoms with van der Waals surface area (Å²) in [5, 5.41) is 0.587. The molecule has 0 radical (unpaired) electrons. The molecule has 0 atom stereocenters. The molecule has 0 saturated carbocycles. The molecule has 0 spiro atoms. The maximum atomic E-state index is 14.0. The van der Waals surface area contributed by atoms with Gasteiger partial charge in [-0.15, -0.1) is 0 Å². The van der Waals surface area contributed by atoms with Gasteiger partial charge in [-0.25, -0.2) is 9.37 Å². The first-order valence-corrected chi connectivity index (χ1v) is 11.0. The molecule has 4 nitrogen and oxygen atoms in total. The van der Waals surface area contributed by atoms with E-state index in [1.54, 1.807) is 11.0 Å². The van der Waals surface area contributed by atoms with Crippen LogP contribution in [-0.2, 0) is 4.79 Å². The number of carbonyl (C=O) groups is 1. The summed E-state index contributed by atoms with van der Waals surface area (Å²) in [4.78, 5) is 22.4. The topological polar surface area (TPSA) is 36.4 Å². The van der Waals surface area contributed by atoms with Gasteiger partial charge in [0.25, 0.3) is 0 Å². The molecule has 0 aliphatic carbocycles. The van der Waals surface area contributed by atoms with Crippen molar-refractivity contribution in [3.05, 3.63) is 95.8 Å². The first kappa shape index (κ1) is 21.2. The van der Waals surface area contributed by atoms with Crippen LogP contribution in [0.4, 0.5) is 9.52 Å². The van der Waals surface area contributed by atoms with E-state index in [9.17, 15) is 9.18 Å². The summed E-state index contributed by atoms with van der Waals surface area (Å²) in [5.41, 5.74) is 2.56. The maximum absolute atomic E-state index is 14.0. The van der Waals surface area contributed by atoms with E-state index in [4.69, 9.17) is 0 Å². The van der Waals surface area contributed by atoms with Crippen LogP contribution in [0.1, 0.15) is 17.0 Å². The van der Waals surface area contributed by atoms with Crippen LogP contribution in [0, 0.1) is 5.82 Å². The Hall–Kier alpha value is -3.09. The molecule has 1 aromatic heterocycles. The van der Waals surface area contributed by atoms with Gasteiger partial charge in [-0.05, 0) is 43.4 Å². The number of hydrogen-bond acceptors (Lipinski definition) is 4. The lowest BCUT2D eigenvalue weighted by Gasteiger charge is -2.27. The van der Waals surface area contributed by atoms with Gasteiger partial charge in [-0.1, -0.05) is 72.0 Å². The number of likely N-dealkylation sites (N-methyl/N-ethyl adjacent to an activating group) is 1. The number of benzene rings is 3. The predicted octanol–water partition coefficient (Wildman–Crippen LogP) is 5.16. The molecule has 0 aliphatic rings. The molecule has 1 amide bonds. The maximum Gasteiger partial charge on any atom is 0.240 e. The Balaban J connectivity index is 1.78. The minimum Gasteiger partial charge on any atom is -0.308 e. The average Bonchev–Trinajstić information content (AvgIpc) is 3.18. The normalized spacial score (nSPS) is 11.4. The van der Waals surface area contributed by atoms with Gasteiger partial charge < -0.3 is 4.90 Å². The fourth-order valence-electron chi connectivity index (χ4n) is 3.53. The second-order valence-corrected chi connectivity index (χ2v) is 8.67. The van der Waals surface area contributed by atoms with Gasteiger partial charge in [0, 0.05) is 13.1 Å². The second-order valence-electron chi connectivity index (χ2n) is 7.66. The van der Waals surface area contributed by atoms with Crippen molar-refractivity contribution < 1.29 is 9.18 Å². The third-order valence-electron chi connectivity index (χ3n) is 5.12. The van der Waals surface area contributed by atoms with Crippen LogP contribution < -0.4 is 4.90 Å². The van der Waals surface area contributed by atoms with Gasteiger partial charge in [0.05, 0.1) is 16.1 Å². The van der Waals surface area contributed by atoms with Gasteiger partial charge in [0.15, 0.2) is 5.13 Å². The molecule has 0 saturated heterocycles. The van der Waals surface area contributed by atoms with Crippen molar-refractivity contribution >= 4 is 32.6 Å². The highest BCUT2D eigenvalue weighted by Gasteiger charge is 2.30. The standard InChI is InChI=1S/C25H24FN3OS/c1-28(2)15-16-29(25-27-21-14-13-20(26)17-22(21)31-25)24(30)23(18-9-5-3-6-10-18)19-11-7-4-8-12-19/h3-14,17,23H,15-16H2,1-2H3. The van der Waals surface area contributed by atoms with Crippen molar-refractivity contribution in [1.29, 1.82) is 0 Å². The lowest BCUT2D eigenvalue weighted by atomic mass is 9.90. The van der Waals surface area contributed by atoms with Crippen molar-refractivity contribution in [2.75, 3.05) is 32.1 Å². The highest BCUT2D eigenvalue weighted by molar-refractivity contribution is 7.22. The van der Waals surface area contributed by atoms with E-state index in [1.165, 1.54) is 23.5 Å². The van der Waals surface area contributed by atoms with Crippen LogP contribution in [0.2, 0.25) is 0 Å². The summed E-state index contributed by atoms with van der Waals surface area (Å²) in [6.45, 7) is 1.18. The van der Waals surface area contributed by atoms with E-state index in [1.807, 2.05) is 79.7 Å². The zero-order chi connectivity index (χ0) is 21.8. The average molecular weight is 434 g/mol. The molecule has 4 rings (SSSR count). The molecule has 3 aromatic carbocycles. The van der Waals surface area contributed by atoms with E-state index in [0.29, 0.717) is 23.7 Å². The first-order valence-electron chi connectivity index (χ1n) is 10.1. The summed E-state index contributed by atoms with van der Waals surface area (Å²) < 4.78 is 14.5. The van der Waals surface area contributed by atoms with Crippen LogP contribution in [0.15, 0.2) is 78.9 Å². The molecular formula is C25H24FN3OS. The molecule has 158 valence electrons. The molecule has 1 heterocycles. The first-order chi connectivity index (χ1) is 15.0. The molecule has 0 unspecified atom stereocenters. The second kappa shape index (κ2) is 9.37. The van der Waals surface area contributed by atoms with Crippen molar-refractivity contribution in [2.45, 2.75) is 5.92 Å². The van der Waals surface area contributed by atoms with E-state index >= 15 is 0 Å². The van der Waals surface area contributed by atoms with Crippen molar-refractivity contribution in [3.63, 3.8) is 0 Å². The van der Waals surface area contributed by atoms with Gasteiger partial charge >= 0.3 is 0 Å². The summed E-state index contributed by atoms with van der Waals surface area (Å²) in [5.74, 6) is -0.799. The Morgan fingerprint density at radius 3 is 2.13 bits per heavy atom. The van der Waals surface area contributed by atoms with Gasteiger partial charge in [0.1, 0.15) is 5.82 Å². The van der Waals surface area contributed by atoms with Crippen LogP contribution in [0.5, 0.6) is 0 Å². The molecular weight excluding hydrogens is 409 g/mol. The van der Waals surface area contributed by atoms with Crippen LogP contribution in [0.25, 0.3) is 10.2 Å². The molecule has 31 heavy (non-hydrogen) atoms. The summed E-state index contributed by atoms with van der Waals surface area (Å²) in [6, 6.07) is 24.1. The number of amides is 1. The highest BCUT2D eigenvalue weighted by Crippen LogP contribution is 2.33. The summed E-state index contributed by atoms with van der Waals surface area (Å²) in [7, 11) is 3.95. The number of thiazole rings is 1. The fourth-order valence-corrected chi connectivity index (χ4v) is 4.55. The zero-order valence-electron chi connectivity index (χ0n) is 17.5. The van der Waals surface area contributed by atoms with Crippen LogP contribution in [0.3, 0.4) is 0 Å². The Morgan fingerprint density at radius 2 is 1.55 bits per heavy atom. The fraction of sp³-hybridized carbons (Fsp3) is 0.200. The van der Waals surface area contributed by atoms with Gasteiger partial charge in [0.2, 0.25) is 5.91 Å². The number of rotatable bonds is 7. The number of halogens is 1. The molecule has 0 aliphatic heterocycles. The number of hydrogen-bond donors (Lipinski definition) is 0. The van der Waals surface area contributed by atoms with E-state index in [0.717, 1.165) is 15.8 Å². The SMILES string of the molecule is CN(C)CCN(C(=O)C(c1ccccc1)c1ccccc1)c1nc2ccc(F)cc2s1. The number of aromatic nitrogens is 1.